The fraction of sp³-hybridized carbons (Fsp3) is 0.348. The summed E-state index contributed by atoms with van der Waals surface area (Å²) in [6.07, 6.45) is 4.18. The number of hydrogen-bond acceptors (Lipinski definition) is 5. The highest BCUT2D eigenvalue weighted by Crippen LogP contribution is 2.51. The minimum Gasteiger partial charge on any atom is -0.293 e. The molecule has 0 N–H and O–H groups in total. The van der Waals surface area contributed by atoms with E-state index in [0.717, 1.165) is 34.3 Å². The maximum atomic E-state index is 13.3. The molecule has 0 aliphatic carbocycles. The van der Waals surface area contributed by atoms with Crippen molar-refractivity contribution in [3.63, 3.8) is 0 Å². The largest absolute Gasteiger partial charge is 0.293 e. The number of hydrogen-bond donors (Lipinski definition) is 0. The predicted octanol–water partition coefficient (Wildman–Crippen LogP) is 9.89. The average molecular weight is 524 g/mol. The van der Waals surface area contributed by atoms with Gasteiger partial charge in [-0.25, -0.2) is 0 Å². The first-order chi connectivity index (χ1) is 14.0. The zero-order valence-electron chi connectivity index (χ0n) is 16.7. The molecule has 4 aromatic rings. The van der Waals surface area contributed by atoms with Gasteiger partial charge < -0.3 is 0 Å². The van der Waals surface area contributed by atoms with Crippen molar-refractivity contribution in [1.82, 2.24) is 0 Å². The molecular weight excluding hydrogens is 500 g/mol. The van der Waals surface area contributed by atoms with E-state index in [2.05, 4.69) is 67.0 Å². The van der Waals surface area contributed by atoms with Crippen molar-refractivity contribution >= 4 is 77.1 Å². The second-order valence-corrected chi connectivity index (χ2v) is 13.1. The number of rotatable bonds is 8. The highest BCUT2D eigenvalue weighted by atomic mass is 79.9. The van der Waals surface area contributed by atoms with E-state index < -0.39 is 0 Å². The number of halogens is 1. The normalized spacial score (nSPS) is 12.7. The summed E-state index contributed by atoms with van der Waals surface area (Å²) >= 11 is 10.8. The van der Waals surface area contributed by atoms with Crippen LogP contribution in [-0.4, -0.2) is 5.78 Å². The van der Waals surface area contributed by atoms with E-state index in [1.54, 1.807) is 22.7 Å². The Balaban J connectivity index is 1.83. The van der Waals surface area contributed by atoms with Crippen LogP contribution in [0.5, 0.6) is 0 Å². The number of aryl methyl sites for hydroxylation is 1. The smallest absolute Gasteiger partial charge is 0.175 e. The summed E-state index contributed by atoms with van der Waals surface area (Å²) in [4.78, 5) is 20.7. The molecule has 0 spiro atoms. The number of unbranched alkanes of at least 4 members (excludes halogenated alkanes) is 1. The van der Waals surface area contributed by atoms with E-state index in [4.69, 9.17) is 0 Å². The first kappa shape index (κ1) is 21.4. The highest BCUT2D eigenvalue weighted by Gasteiger charge is 2.24. The van der Waals surface area contributed by atoms with E-state index in [1.165, 1.54) is 34.5 Å². The third-order valence-electron chi connectivity index (χ3n) is 5.16. The van der Waals surface area contributed by atoms with Crippen LogP contribution in [0.4, 0.5) is 0 Å². The molecule has 0 radical (unpaired) electrons. The lowest BCUT2D eigenvalue weighted by molar-refractivity contribution is 0.0912. The number of carbonyl (C=O) groups is 1. The van der Waals surface area contributed by atoms with E-state index >= 15 is 0 Å². The number of carbonyl (C=O) groups excluding carboxylic acids is 1. The van der Waals surface area contributed by atoms with Crippen LogP contribution in [0.3, 0.4) is 0 Å². The van der Waals surface area contributed by atoms with Gasteiger partial charge in [0.2, 0.25) is 0 Å². The Hall–Kier alpha value is -0.790. The predicted molar refractivity (Wildman–Crippen MR) is 136 cm³/mol. The average Bonchev–Trinajstić information content (AvgIpc) is 3.46. The molecule has 29 heavy (non-hydrogen) atoms. The van der Waals surface area contributed by atoms with Crippen molar-refractivity contribution in [2.75, 3.05) is 0 Å². The lowest BCUT2D eigenvalue weighted by atomic mass is 9.94. The molecule has 0 saturated carbocycles. The summed E-state index contributed by atoms with van der Waals surface area (Å²) in [6, 6.07) is 10.9. The molecule has 0 bridgehead atoms. The first-order valence-electron chi connectivity index (χ1n) is 9.94. The van der Waals surface area contributed by atoms with Gasteiger partial charge in [0, 0.05) is 25.9 Å². The Labute approximate surface area is 196 Å². The van der Waals surface area contributed by atoms with Crippen molar-refractivity contribution in [3.8, 4) is 19.5 Å². The minimum atomic E-state index is 0.146. The number of thiophene rings is 4. The summed E-state index contributed by atoms with van der Waals surface area (Å²) < 4.78 is 2.41. The van der Waals surface area contributed by atoms with Crippen molar-refractivity contribution in [3.05, 3.63) is 43.9 Å². The zero-order valence-corrected chi connectivity index (χ0v) is 21.6. The van der Waals surface area contributed by atoms with E-state index in [0.29, 0.717) is 5.78 Å². The second kappa shape index (κ2) is 9.15. The van der Waals surface area contributed by atoms with Gasteiger partial charge in [-0.15, -0.1) is 45.3 Å². The molecule has 4 heterocycles. The second-order valence-electron chi connectivity index (χ2n) is 7.24. The van der Waals surface area contributed by atoms with E-state index in [-0.39, 0.29) is 5.92 Å². The Morgan fingerprint density at radius 2 is 1.76 bits per heavy atom. The van der Waals surface area contributed by atoms with E-state index in [9.17, 15) is 4.79 Å². The Kier molecular flexibility index (Phi) is 6.76. The number of ketones is 1. The maximum Gasteiger partial charge on any atom is 0.175 e. The van der Waals surface area contributed by atoms with Crippen molar-refractivity contribution in [2.24, 2.45) is 5.92 Å². The van der Waals surface area contributed by atoms with Gasteiger partial charge in [-0.1, -0.05) is 26.7 Å². The van der Waals surface area contributed by atoms with Gasteiger partial charge in [-0.3, -0.25) is 4.79 Å². The Bertz CT molecular complexity index is 1070. The minimum absolute atomic E-state index is 0.146. The molecular formula is C23H23BrOS4. The van der Waals surface area contributed by atoms with Crippen LogP contribution in [0.2, 0.25) is 0 Å². The van der Waals surface area contributed by atoms with Crippen molar-refractivity contribution in [2.45, 2.75) is 46.5 Å². The standard InChI is InChI=1S/C23H23BrOS4/c1-4-6-7-14(5-2)20(25)18-12-15-21(16-10-11-19(24)27-16)29-23(22(15)28-18)17-9-8-13(3)26-17/h8-12,14H,4-7H2,1-3H3. The van der Waals surface area contributed by atoms with Crippen LogP contribution in [0, 0.1) is 12.8 Å². The molecule has 0 aliphatic rings. The molecule has 0 aromatic carbocycles. The molecule has 4 aromatic heterocycles. The topological polar surface area (TPSA) is 17.1 Å². The number of fused-ring (bicyclic) bond motifs is 1. The fourth-order valence-electron chi connectivity index (χ4n) is 3.56. The third-order valence-corrected chi connectivity index (χ3v) is 10.6. The summed E-state index contributed by atoms with van der Waals surface area (Å²) in [5.74, 6) is 0.479. The lowest BCUT2D eigenvalue weighted by Gasteiger charge is -2.11. The maximum absolute atomic E-state index is 13.3. The Morgan fingerprint density at radius 1 is 1.00 bits per heavy atom. The summed E-state index contributed by atoms with van der Waals surface area (Å²) in [6.45, 7) is 6.49. The van der Waals surface area contributed by atoms with Crippen molar-refractivity contribution in [1.29, 1.82) is 0 Å². The van der Waals surface area contributed by atoms with Crippen molar-refractivity contribution < 1.29 is 4.79 Å². The molecule has 0 aliphatic heterocycles. The van der Waals surface area contributed by atoms with Gasteiger partial charge in [0.15, 0.2) is 5.78 Å². The van der Waals surface area contributed by atoms with Gasteiger partial charge in [0.1, 0.15) is 0 Å². The lowest BCUT2D eigenvalue weighted by Crippen LogP contribution is -2.12. The monoisotopic (exact) mass is 522 g/mol. The summed E-state index contributed by atoms with van der Waals surface area (Å²) in [5, 5.41) is 1.24. The molecule has 4 rings (SSSR count). The molecule has 152 valence electrons. The van der Waals surface area contributed by atoms with Crippen LogP contribution in [-0.2, 0) is 0 Å². The van der Waals surface area contributed by atoms with E-state index in [1.807, 2.05) is 22.7 Å². The van der Waals surface area contributed by atoms with Gasteiger partial charge in [0.05, 0.1) is 23.1 Å². The van der Waals surface area contributed by atoms with Gasteiger partial charge in [0.25, 0.3) is 0 Å². The molecule has 0 saturated heterocycles. The van der Waals surface area contributed by atoms with Crippen LogP contribution >= 0.6 is 61.3 Å². The van der Waals surface area contributed by atoms with Crippen LogP contribution in [0.15, 0.2) is 34.1 Å². The molecule has 0 amide bonds. The fourth-order valence-corrected chi connectivity index (χ4v) is 8.75. The summed E-state index contributed by atoms with van der Waals surface area (Å²) in [7, 11) is 0. The number of Topliss-reactive ketones (excluding diaryl/α,β-unsaturated/α-hetero) is 1. The Morgan fingerprint density at radius 3 is 2.38 bits per heavy atom. The van der Waals surface area contributed by atoms with Gasteiger partial charge in [-0.2, -0.15) is 0 Å². The molecule has 1 nitrogen and oxygen atoms in total. The van der Waals surface area contributed by atoms with Gasteiger partial charge in [-0.05, 0) is 66.0 Å². The van der Waals surface area contributed by atoms with Crippen LogP contribution in [0.25, 0.3) is 29.6 Å². The molecule has 6 heteroatoms. The third kappa shape index (κ3) is 4.33. The summed E-state index contributed by atoms with van der Waals surface area (Å²) in [5.41, 5.74) is 0. The first-order valence-corrected chi connectivity index (χ1v) is 14.0. The quantitative estimate of drug-likeness (QED) is 0.210. The zero-order chi connectivity index (χ0) is 20.5. The highest BCUT2D eigenvalue weighted by molar-refractivity contribution is 9.11. The van der Waals surface area contributed by atoms with Crippen LogP contribution < -0.4 is 0 Å². The molecule has 1 unspecified atom stereocenters. The molecule has 1 atom stereocenters. The molecule has 0 fully saturated rings. The van der Waals surface area contributed by atoms with Crippen LogP contribution in [0.1, 0.15) is 54.1 Å². The van der Waals surface area contributed by atoms with Gasteiger partial charge >= 0.3 is 0 Å². The SMILES string of the molecule is CCCCC(CC)C(=O)c1cc2c(-c3ccc(Br)s3)sc(-c3ccc(C)s3)c2s1.